The number of carbonyl (C=O) groups is 2. The molecule has 5 nitrogen and oxygen atoms in total. The van der Waals surface area contributed by atoms with Crippen LogP contribution in [0, 0.1) is 0 Å². The monoisotopic (exact) mass is 269 g/mol. The van der Waals surface area contributed by atoms with E-state index in [1.54, 1.807) is 0 Å². The molecule has 1 saturated heterocycles. The summed E-state index contributed by atoms with van der Waals surface area (Å²) in [7, 11) is 0. The van der Waals surface area contributed by atoms with Crippen LogP contribution >= 0.6 is 0 Å². The second kappa shape index (κ2) is 5.21. The van der Waals surface area contributed by atoms with Crippen molar-refractivity contribution in [3.8, 4) is 0 Å². The van der Waals surface area contributed by atoms with E-state index in [9.17, 15) is 9.59 Å². The first-order chi connectivity index (χ1) is 9.74. The standard InChI is InChI=1S/C15H15N3O2/c19-14-10-18(9-8-16-14)15(20)17-13-7-3-5-11-4-1-2-6-12(11)13/h1-7H,8-10H2,(H,16,19)(H,17,20). The van der Waals surface area contributed by atoms with Gasteiger partial charge in [0.2, 0.25) is 5.91 Å². The average molecular weight is 269 g/mol. The van der Waals surface area contributed by atoms with Gasteiger partial charge in [0.25, 0.3) is 0 Å². The molecule has 0 saturated carbocycles. The third-order valence-electron chi connectivity index (χ3n) is 3.36. The van der Waals surface area contributed by atoms with E-state index in [1.165, 1.54) is 4.90 Å². The Bertz CT molecular complexity index is 664. The van der Waals surface area contributed by atoms with Crippen molar-refractivity contribution < 1.29 is 9.59 Å². The summed E-state index contributed by atoms with van der Waals surface area (Å²) in [6.07, 6.45) is 0. The van der Waals surface area contributed by atoms with Crippen LogP contribution in [0.2, 0.25) is 0 Å². The van der Waals surface area contributed by atoms with Gasteiger partial charge in [0.1, 0.15) is 6.54 Å². The number of amides is 3. The smallest absolute Gasteiger partial charge is 0.322 e. The number of nitrogens with one attached hydrogen (secondary N) is 2. The van der Waals surface area contributed by atoms with Crippen LogP contribution in [0.1, 0.15) is 0 Å². The number of nitrogens with zero attached hydrogens (tertiary/aromatic N) is 1. The first kappa shape index (κ1) is 12.5. The summed E-state index contributed by atoms with van der Waals surface area (Å²) in [5.41, 5.74) is 0.763. The van der Waals surface area contributed by atoms with Crippen LogP contribution in [0.4, 0.5) is 10.5 Å². The summed E-state index contributed by atoms with van der Waals surface area (Å²) in [5, 5.41) is 7.64. The summed E-state index contributed by atoms with van der Waals surface area (Å²) < 4.78 is 0. The van der Waals surface area contributed by atoms with Gasteiger partial charge in [-0.15, -0.1) is 0 Å². The molecule has 1 aliphatic rings. The summed E-state index contributed by atoms with van der Waals surface area (Å²) >= 11 is 0. The van der Waals surface area contributed by atoms with Crippen LogP contribution in [0.3, 0.4) is 0 Å². The minimum Gasteiger partial charge on any atom is -0.353 e. The third-order valence-corrected chi connectivity index (χ3v) is 3.36. The van der Waals surface area contributed by atoms with Crippen LogP contribution < -0.4 is 10.6 Å². The molecule has 0 radical (unpaired) electrons. The minimum atomic E-state index is -0.240. The van der Waals surface area contributed by atoms with Crippen molar-refractivity contribution in [2.45, 2.75) is 0 Å². The van der Waals surface area contributed by atoms with Crippen LogP contribution in [0.15, 0.2) is 42.5 Å². The first-order valence-corrected chi connectivity index (χ1v) is 6.54. The number of benzene rings is 2. The summed E-state index contributed by atoms with van der Waals surface area (Å²) in [4.78, 5) is 25.0. The lowest BCUT2D eigenvalue weighted by Crippen LogP contribution is -2.51. The van der Waals surface area contributed by atoms with Crippen LogP contribution in [0.25, 0.3) is 10.8 Å². The fraction of sp³-hybridized carbons (Fsp3) is 0.200. The normalized spacial score (nSPS) is 15.0. The van der Waals surface area contributed by atoms with Gasteiger partial charge in [-0.3, -0.25) is 4.79 Å². The van der Waals surface area contributed by atoms with Gasteiger partial charge in [0.15, 0.2) is 0 Å². The average Bonchev–Trinajstić information content (AvgIpc) is 2.47. The molecule has 3 amide bonds. The van der Waals surface area contributed by atoms with Crippen molar-refractivity contribution in [3.63, 3.8) is 0 Å². The molecule has 0 spiro atoms. The maximum absolute atomic E-state index is 12.2. The molecule has 0 bridgehead atoms. The highest BCUT2D eigenvalue weighted by Gasteiger charge is 2.21. The quantitative estimate of drug-likeness (QED) is 0.829. The molecule has 0 atom stereocenters. The fourth-order valence-electron chi connectivity index (χ4n) is 2.34. The molecule has 0 unspecified atom stereocenters. The zero-order valence-corrected chi connectivity index (χ0v) is 10.9. The zero-order chi connectivity index (χ0) is 13.9. The van der Waals surface area contributed by atoms with E-state index in [0.717, 1.165) is 16.5 Å². The lowest BCUT2D eigenvalue weighted by Gasteiger charge is -2.27. The third kappa shape index (κ3) is 2.42. The Kier molecular flexibility index (Phi) is 3.25. The van der Waals surface area contributed by atoms with E-state index in [2.05, 4.69) is 10.6 Å². The Balaban J connectivity index is 1.82. The molecule has 5 heteroatoms. The van der Waals surface area contributed by atoms with Gasteiger partial charge in [-0.05, 0) is 11.5 Å². The zero-order valence-electron chi connectivity index (χ0n) is 10.9. The number of piperazine rings is 1. The molecular formula is C15H15N3O2. The lowest BCUT2D eigenvalue weighted by molar-refractivity contribution is -0.123. The van der Waals surface area contributed by atoms with Crippen LogP contribution in [0.5, 0.6) is 0 Å². The molecule has 1 aliphatic heterocycles. The molecule has 0 aliphatic carbocycles. The van der Waals surface area contributed by atoms with E-state index < -0.39 is 0 Å². The van der Waals surface area contributed by atoms with Gasteiger partial charge in [-0.2, -0.15) is 0 Å². The maximum atomic E-state index is 12.2. The second-order valence-electron chi connectivity index (χ2n) is 4.73. The topological polar surface area (TPSA) is 61.4 Å². The highest BCUT2D eigenvalue weighted by atomic mass is 16.2. The number of urea groups is 1. The maximum Gasteiger partial charge on any atom is 0.322 e. The van der Waals surface area contributed by atoms with Gasteiger partial charge >= 0.3 is 6.03 Å². The van der Waals surface area contributed by atoms with Crippen molar-refractivity contribution in [1.82, 2.24) is 10.2 Å². The SMILES string of the molecule is O=C1CN(C(=O)Nc2cccc3ccccc23)CCN1. The minimum absolute atomic E-state index is 0.108. The highest BCUT2D eigenvalue weighted by Crippen LogP contribution is 2.23. The molecule has 2 aromatic carbocycles. The Morgan fingerprint density at radius 3 is 2.80 bits per heavy atom. The van der Waals surface area contributed by atoms with Gasteiger partial charge in [0, 0.05) is 18.5 Å². The molecule has 102 valence electrons. The molecule has 3 rings (SSSR count). The predicted molar refractivity (Wildman–Crippen MR) is 77.5 cm³/mol. The summed E-state index contributed by atoms with van der Waals surface area (Å²) in [6.45, 7) is 1.14. The second-order valence-corrected chi connectivity index (χ2v) is 4.73. The molecule has 1 fully saturated rings. The van der Waals surface area contributed by atoms with Crippen molar-refractivity contribution in [3.05, 3.63) is 42.5 Å². The van der Waals surface area contributed by atoms with Crippen LogP contribution in [-0.2, 0) is 4.79 Å². The number of hydrogen-bond acceptors (Lipinski definition) is 2. The molecule has 1 heterocycles. The van der Waals surface area contributed by atoms with Gasteiger partial charge in [-0.25, -0.2) is 4.79 Å². The van der Waals surface area contributed by atoms with E-state index in [0.29, 0.717) is 13.1 Å². The number of anilines is 1. The molecule has 20 heavy (non-hydrogen) atoms. The van der Waals surface area contributed by atoms with Crippen LogP contribution in [-0.4, -0.2) is 36.5 Å². The number of rotatable bonds is 1. The van der Waals surface area contributed by atoms with Gasteiger partial charge in [0.05, 0.1) is 5.69 Å². The Labute approximate surface area is 116 Å². The number of carbonyl (C=O) groups excluding carboxylic acids is 2. The van der Waals surface area contributed by atoms with E-state index in [-0.39, 0.29) is 18.5 Å². The predicted octanol–water partition coefficient (Wildman–Crippen LogP) is 1.80. The fourth-order valence-corrected chi connectivity index (χ4v) is 2.34. The number of hydrogen-bond donors (Lipinski definition) is 2. The van der Waals surface area contributed by atoms with Crippen molar-refractivity contribution in [2.24, 2.45) is 0 Å². The summed E-state index contributed by atoms with van der Waals surface area (Å²) in [6, 6.07) is 13.4. The first-order valence-electron chi connectivity index (χ1n) is 6.54. The molecule has 2 aromatic rings. The van der Waals surface area contributed by atoms with Gasteiger partial charge < -0.3 is 15.5 Å². The number of fused-ring (bicyclic) bond motifs is 1. The Morgan fingerprint density at radius 1 is 1.15 bits per heavy atom. The Hall–Kier alpha value is -2.56. The Morgan fingerprint density at radius 2 is 1.95 bits per heavy atom. The highest BCUT2D eigenvalue weighted by molar-refractivity contribution is 6.02. The van der Waals surface area contributed by atoms with Gasteiger partial charge in [-0.1, -0.05) is 36.4 Å². The summed E-state index contributed by atoms with van der Waals surface area (Å²) in [5.74, 6) is -0.121. The largest absolute Gasteiger partial charge is 0.353 e. The van der Waals surface area contributed by atoms with Crippen molar-refractivity contribution in [1.29, 1.82) is 0 Å². The van der Waals surface area contributed by atoms with E-state index in [1.807, 2.05) is 42.5 Å². The van der Waals surface area contributed by atoms with Crippen molar-refractivity contribution >= 4 is 28.4 Å². The lowest BCUT2D eigenvalue weighted by atomic mass is 10.1. The molecule has 2 N–H and O–H groups in total. The molecular weight excluding hydrogens is 254 g/mol. The van der Waals surface area contributed by atoms with E-state index in [4.69, 9.17) is 0 Å². The molecule has 0 aromatic heterocycles. The van der Waals surface area contributed by atoms with E-state index >= 15 is 0 Å². The van der Waals surface area contributed by atoms with Crippen molar-refractivity contribution in [2.75, 3.05) is 25.0 Å².